The molecule has 2 heteroatoms. The van der Waals surface area contributed by atoms with Crippen LogP contribution >= 0.6 is 0 Å². The molecule has 66 valence electrons. The summed E-state index contributed by atoms with van der Waals surface area (Å²) in [5, 5.41) is 0. The van der Waals surface area contributed by atoms with Crippen LogP contribution in [0.5, 0.6) is 0 Å². The minimum atomic E-state index is -0.0960. The van der Waals surface area contributed by atoms with Crippen LogP contribution in [0.3, 0.4) is 0 Å². The fraction of sp³-hybridized carbons (Fsp3) is 0.400. The molecule has 1 aromatic rings. The van der Waals surface area contributed by atoms with Crippen molar-refractivity contribution in [2.24, 2.45) is 5.84 Å². The van der Waals surface area contributed by atoms with E-state index in [9.17, 15) is 0 Å². The molecule has 3 N–H and O–H groups in total. The summed E-state index contributed by atoms with van der Waals surface area (Å²) < 4.78 is 0. The third kappa shape index (κ3) is 1.65. The molecule has 0 aromatic heterocycles. The van der Waals surface area contributed by atoms with E-state index < -0.39 is 0 Å². The molecule has 0 fully saturated rings. The highest BCUT2D eigenvalue weighted by atomic mass is 15.3. The van der Waals surface area contributed by atoms with E-state index in [1.54, 1.807) is 0 Å². The molecule has 1 rings (SSSR count). The van der Waals surface area contributed by atoms with Gasteiger partial charge in [0, 0.05) is 0 Å². The number of nitrogens with one attached hydrogen (secondary N) is 1. The summed E-state index contributed by atoms with van der Waals surface area (Å²) in [7, 11) is 0. The van der Waals surface area contributed by atoms with Gasteiger partial charge in [-0.25, -0.2) is 0 Å². The number of hydrazine groups is 1. The second-order valence-electron chi connectivity index (χ2n) is 3.20. The predicted octanol–water partition coefficient (Wildman–Crippen LogP) is 1.78. The lowest BCUT2D eigenvalue weighted by atomic mass is 9.90. The summed E-state index contributed by atoms with van der Waals surface area (Å²) in [6.45, 7) is 4.22. The third-order valence-electron chi connectivity index (χ3n) is 2.44. The van der Waals surface area contributed by atoms with E-state index >= 15 is 0 Å². The molecule has 0 amide bonds. The van der Waals surface area contributed by atoms with Gasteiger partial charge in [0.2, 0.25) is 0 Å². The lowest BCUT2D eigenvalue weighted by molar-refractivity contribution is 0.361. The van der Waals surface area contributed by atoms with Crippen molar-refractivity contribution in [3.63, 3.8) is 0 Å². The molecule has 1 atom stereocenters. The summed E-state index contributed by atoms with van der Waals surface area (Å²) >= 11 is 0. The van der Waals surface area contributed by atoms with Crippen LogP contribution in [0.1, 0.15) is 25.8 Å². The van der Waals surface area contributed by atoms with Crippen molar-refractivity contribution in [3.05, 3.63) is 35.9 Å². The van der Waals surface area contributed by atoms with E-state index in [2.05, 4.69) is 31.4 Å². The fourth-order valence-electron chi connectivity index (χ4n) is 1.20. The Bertz CT molecular complexity index is 227. The van der Waals surface area contributed by atoms with Crippen molar-refractivity contribution in [1.82, 2.24) is 5.43 Å². The van der Waals surface area contributed by atoms with E-state index in [4.69, 9.17) is 5.84 Å². The average molecular weight is 164 g/mol. The van der Waals surface area contributed by atoms with Gasteiger partial charge >= 0.3 is 0 Å². The Labute approximate surface area is 73.8 Å². The quantitative estimate of drug-likeness (QED) is 0.528. The van der Waals surface area contributed by atoms with E-state index in [0.29, 0.717) is 0 Å². The first-order chi connectivity index (χ1) is 5.73. The van der Waals surface area contributed by atoms with Gasteiger partial charge in [-0.15, -0.1) is 0 Å². The van der Waals surface area contributed by atoms with Crippen molar-refractivity contribution in [2.45, 2.75) is 25.8 Å². The molecule has 0 saturated heterocycles. The Morgan fingerprint density at radius 1 is 1.33 bits per heavy atom. The van der Waals surface area contributed by atoms with Crippen LogP contribution in [0.15, 0.2) is 30.3 Å². The first-order valence-electron chi connectivity index (χ1n) is 4.26. The minimum absolute atomic E-state index is 0.0960. The van der Waals surface area contributed by atoms with Gasteiger partial charge in [-0.2, -0.15) is 0 Å². The molecular formula is C10H16N2. The van der Waals surface area contributed by atoms with Crippen molar-refractivity contribution >= 4 is 0 Å². The van der Waals surface area contributed by atoms with E-state index in [-0.39, 0.29) is 5.54 Å². The van der Waals surface area contributed by atoms with Gasteiger partial charge < -0.3 is 0 Å². The first kappa shape index (κ1) is 9.23. The van der Waals surface area contributed by atoms with Gasteiger partial charge in [-0.1, -0.05) is 37.3 Å². The number of hydrogen-bond acceptors (Lipinski definition) is 2. The number of rotatable bonds is 3. The summed E-state index contributed by atoms with van der Waals surface area (Å²) in [6.07, 6.45) is 0.980. The summed E-state index contributed by atoms with van der Waals surface area (Å²) in [5.41, 5.74) is 3.98. The zero-order valence-electron chi connectivity index (χ0n) is 7.67. The maximum Gasteiger partial charge on any atom is 0.0538 e. The van der Waals surface area contributed by atoms with Crippen molar-refractivity contribution in [1.29, 1.82) is 0 Å². The Morgan fingerprint density at radius 3 is 2.33 bits per heavy atom. The van der Waals surface area contributed by atoms with Crippen molar-refractivity contribution < 1.29 is 0 Å². The van der Waals surface area contributed by atoms with E-state index in [0.717, 1.165) is 6.42 Å². The normalized spacial score (nSPS) is 15.6. The molecule has 1 unspecified atom stereocenters. The third-order valence-corrected chi connectivity index (χ3v) is 2.44. The van der Waals surface area contributed by atoms with Crippen LogP contribution < -0.4 is 11.3 Å². The summed E-state index contributed by atoms with van der Waals surface area (Å²) in [4.78, 5) is 0. The molecule has 0 aliphatic rings. The van der Waals surface area contributed by atoms with Gasteiger partial charge in [0.25, 0.3) is 0 Å². The molecule has 2 nitrogen and oxygen atoms in total. The largest absolute Gasteiger partial charge is 0.271 e. The average Bonchev–Trinajstić information content (AvgIpc) is 2.18. The summed E-state index contributed by atoms with van der Waals surface area (Å²) in [6, 6.07) is 10.2. The van der Waals surface area contributed by atoms with Crippen LogP contribution in [-0.4, -0.2) is 0 Å². The number of hydrogen-bond donors (Lipinski definition) is 2. The zero-order chi connectivity index (χ0) is 9.03. The highest BCUT2D eigenvalue weighted by Gasteiger charge is 2.21. The Hall–Kier alpha value is -0.860. The monoisotopic (exact) mass is 164 g/mol. The van der Waals surface area contributed by atoms with Gasteiger partial charge in [-0.05, 0) is 18.9 Å². The maximum absolute atomic E-state index is 5.50. The van der Waals surface area contributed by atoms with Crippen LogP contribution in [0.2, 0.25) is 0 Å². The molecule has 0 heterocycles. The maximum atomic E-state index is 5.50. The number of nitrogens with two attached hydrogens (primary N) is 1. The molecule has 0 spiro atoms. The van der Waals surface area contributed by atoms with Crippen LogP contribution in [0, 0.1) is 0 Å². The molecular weight excluding hydrogens is 148 g/mol. The van der Waals surface area contributed by atoms with Gasteiger partial charge in [0.05, 0.1) is 5.54 Å². The van der Waals surface area contributed by atoms with Gasteiger partial charge in [0.15, 0.2) is 0 Å². The highest BCUT2D eigenvalue weighted by Crippen LogP contribution is 2.22. The fourth-order valence-corrected chi connectivity index (χ4v) is 1.20. The lowest BCUT2D eigenvalue weighted by Gasteiger charge is -2.27. The lowest BCUT2D eigenvalue weighted by Crippen LogP contribution is -2.43. The predicted molar refractivity (Wildman–Crippen MR) is 51.4 cm³/mol. The highest BCUT2D eigenvalue weighted by molar-refractivity contribution is 5.22. The second kappa shape index (κ2) is 3.70. The van der Waals surface area contributed by atoms with Crippen LogP contribution in [0.25, 0.3) is 0 Å². The number of benzene rings is 1. The van der Waals surface area contributed by atoms with Gasteiger partial charge in [-0.3, -0.25) is 11.3 Å². The minimum Gasteiger partial charge on any atom is -0.271 e. The van der Waals surface area contributed by atoms with Gasteiger partial charge in [0.1, 0.15) is 0 Å². The van der Waals surface area contributed by atoms with E-state index in [1.165, 1.54) is 5.56 Å². The Balaban J connectivity index is 2.95. The first-order valence-corrected chi connectivity index (χ1v) is 4.26. The van der Waals surface area contributed by atoms with E-state index in [1.807, 2.05) is 18.2 Å². The van der Waals surface area contributed by atoms with Crippen LogP contribution in [-0.2, 0) is 5.54 Å². The van der Waals surface area contributed by atoms with Crippen molar-refractivity contribution in [3.8, 4) is 0 Å². The molecule has 0 aliphatic heterocycles. The Kier molecular flexibility index (Phi) is 2.84. The second-order valence-corrected chi connectivity index (χ2v) is 3.20. The smallest absolute Gasteiger partial charge is 0.0538 e. The molecule has 0 radical (unpaired) electrons. The zero-order valence-corrected chi connectivity index (χ0v) is 7.67. The molecule has 0 saturated carbocycles. The standard InChI is InChI=1S/C10H16N2/c1-3-10(2,12-11)9-7-5-4-6-8-9/h4-8,12H,3,11H2,1-2H3. The Morgan fingerprint density at radius 2 is 1.92 bits per heavy atom. The molecule has 12 heavy (non-hydrogen) atoms. The molecule has 1 aromatic carbocycles. The SMILES string of the molecule is CCC(C)(NN)c1ccccc1. The van der Waals surface area contributed by atoms with Crippen molar-refractivity contribution in [2.75, 3.05) is 0 Å². The van der Waals surface area contributed by atoms with Crippen LogP contribution in [0.4, 0.5) is 0 Å². The molecule has 0 aliphatic carbocycles. The molecule has 0 bridgehead atoms. The summed E-state index contributed by atoms with van der Waals surface area (Å²) in [5.74, 6) is 5.50. The topological polar surface area (TPSA) is 38.0 Å².